The van der Waals surface area contributed by atoms with Gasteiger partial charge in [-0.3, -0.25) is 14.9 Å². The topological polar surface area (TPSA) is 56.1 Å². The summed E-state index contributed by atoms with van der Waals surface area (Å²) < 4.78 is 7.33. The molecule has 3 rings (SSSR count). The monoisotopic (exact) mass is 337 g/mol. The fraction of sp³-hybridized carbons (Fsp3) is 0.316. The van der Waals surface area contributed by atoms with E-state index in [2.05, 4.69) is 38.4 Å². The summed E-state index contributed by atoms with van der Waals surface area (Å²) in [7, 11) is 3.78. The zero-order valence-corrected chi connectivity index (χ0v) is 14.8. The van der Waals surface area contributed by atoms with Crippen molar-refractivity contribution in [2.45, 2.75) is 25.9 Å². The standard InChI is InChI=1S/C19H23N5O/c1-15(12-16-13-20-8-9-21-16)23(2)14-19-22-10-11-24(19)17-4-6-18(25-3)7-5-17/h4-11,13,15H,12,14H2,1-3H3. The molecule has 0 radical (unpaired) electrons. The van der Waals surface area contributed by atoms with Gasteiger partial charge in [0.25, 0.3) is 0 Å². The molecule has 25 heavy (non-hydrogen) atoms. The molecule has 0 saturated heterocycles. The Morgan fingerprint density at radius 2 is 1.92 bits per heavy atom. The van der Waals surface area contributed by atoms with Gasteiger partial charge < -0.3 is 9.30 Å². The average molecular weight is 337 g/mol. The van der Waals surface area contributed by atoms with E-state index in [0.717, 1.165) is 35.9 Å². The van der Waals surface area contributed by atoms with Gasteiger partial charge in [-0.15, -0.1) is 0 Å². The van der Waals surface area contributed by atoms with Crippen molar-refractivity contribution in [3.63, 3.8) is 0 Å². The molecule has 2 aromatic heterocycles. The number of ether oxygens (including phenoxy) is 1. The fourth-order valence-electron chi connectivity index (χ4n) is 2.70. The molecule has 6 heteroatoms. The first kappa shape index (κ1) is 17.1. The zero-order chi connectivity index (χ0) is 17.6. The summed E-state index contributed by atoms with van der Waals surface area (Å²) >= 11 is 0. The van der Waals surface area contributed by atoms with Crippen LogP contribution in [0.25, 0.3) is 5.69 Å². The molecule has 6 nitrogen and oxygen atoms in total. The van der Waals surface area contributed by atoms with Gasteiger partial charge >= 0.3 is 0 Å². The lowest BCUT2D eigenvalue weighted by Gasteiger charge is -2.24. The molecule has 0 amide bonds. The summed E-state index contributed by atoms with van der Waals surface area (Å²) in [4.78, 5) is 15.3. The molecule has 0 fully saturated rings. The zero-order valence-electron chi connectivity index (χ0n) is 14.8. The summed E-state index contributed by atoms with van der Waals surface area (Å²) in [6.45, 7) is 2.94. The Hall–Kier alpha value is -2.73. The van der Waals surface area contributed by atoms with Crippen LogP contribution < -0.4 is 4.74 Å². The lowest BCUT2D eigenvalue weighted by atomic mass is 10.1. The molecule has 0 bridgehead atoms. The number of likely N-dealkylation sites (N-methyl/N-ethyl adjacent to an activating group) is 1. The van der Waals surface area contributed by atoms with Crippen molar-refractivity contribution in [2.75, 3.05) is 14.2 Å². The summed E-state index contributed by atoms with van der Waals surface area (Å²) in [5.74, 6) is 1.85. The number of hydrogen-bond donors (Lipinski definition) is 0. The van der Waals surface area contributed by atoms with Crippen molar-refractivity contribution in [1.29, 1.82) is 0 Å². The van der Waals surface area contributed by atoms with Crippen LogP contribution in [0.15, 0.2) is 55.2 Å². The predicted molar refractivity (Wildman–Crippen MR) is 96.8 cm³/mol. The molecule has 0 N–H and O–H groups in total. The van der Waals surface area contributed by atoms with Gasteiger partial charge in [0.1, 0.15) is 11.6 Å². The fourth-order valence-corrected chi connectivity index (χ4v) is 2.70. The maximum absolute atomic E-state index is 5.23. The first-order chi connectivity index (χ1) is 12.2. The number of benzene rings is 1. The van der Waals surface area contributed by atoms with Crippen LogP contribution in [0.2, 0.25) is 0 Å². The van der Waals surface area contributed by atoms with Gasteiger partial charge in [0.15, 0.2) is 0 Å². The van der Waals surface area contributed by atoms with E-state index < -0.39 is 0 Å². The van der Waals surface area contributed by atoms with Crippen molar-refractivity contribution in [3.8, 4) is 11.4 Å². The Morgan fingerprint density at radius 3 is 2.60 bits per heavy atom. The molecule has 0 aliphatic heterocycles. The third-order valence-corrected chi connectivity index (χ3v) is 4.33. The Morgan fingerprint density at radius 1 is 1.12 bits per heavy atom. The van der Waals surface area contributed by atoms with E-state index in [4.69, 9.17) is 4.74 Å². The van der Waals surface area contributed by atoms with Crippen molar-refractivity contribution in [2.24, 2.45) is 0 Å². The van der Waals surface area contributed by atoms with Crippen molar-refractivity contribution in [1.82, 2.24) is 24.4 Å². The van der Waals surface area contributed by atoms with Gasteiger partial charge in [-0.2, -0.15) is 0 Å². The lowest BCUT2D eigenvalue weighted by molar-refractivity contribution is 0.240. The first-order valence-corrected chi connectivity index (χ1v) is 8.29. The summed E-state index contributed by atoms with van der Waals surface area (Å²) in [5, 5.41) is 0. The molecular formula is C19H23N5O. The van der Waals surface area contributed by atoms with Crippen LogP contribution in [0.5, 0.6) is 5.75 Å². The van der Waals surface area contributed by atoms with E-state index in [1.54, 1.807) is 19.5 Å². The number of imidazole rings is 1. The van der Waals surface area contributed by atoms with Crippen molar-refractivity contribution in [3.05, 3.63) is 66.8 Å². The molecule has 0 spiro atoms. The minimum Gasteiger partial charge on any atom is -0.497 e. The van der Waals surface area contributed by atoms with Gasteiger partial charge in [-0.25, -0.2) is 4.98 Å². The number of aromatic nitrogens is 4. The van der Waals surface area contributed by atoms with Crippen LogP contribution >= 0.6 is 0 Å². The van der Waals surface area contributed by atoms with Crippen molar-refractivity contribution < 1.29 is 4.74 Å². The summed E-state index contributed by atoms with van der Waals surface area (Å²) in [6.07, 6.45) is 9.93. The Balaban J connectivity index is 1.69. The van der Waals surface area contributed by atoms with Crippen LogP contribution in [0.4, 0.5) is 0 Å². The molecule has 3 aromatic rings. The van der Waals surface area contributed by atoms with Crippen LogP contribution in [0.1, 0.15) is 18.4 Å². The van der Waals surface area contributed by atoms with E-state index in [9.17, 15) is 0 Å². The van der Waals surface area contributed by atoms with Crippen LogP contribution in [0, 0.1) is 0 Å². The maximum Gasteiger partial charge on any atom is 0.127 e. The molecular weight excluding hydrogens is 314 g/mol. The number of rotatable bonds is 7. The number of hydrogen-bond acceptors (Lipinski definition) is 5. The van der Waals surface area contributed by atoms with E-state index in [0.29, 0.717) is 6.04 Å². The number of nitrogens with zero attached hydrogens (tertiary/aromatic N) is 5. The molecule has 0 saturated carbocycles. The first-order valence-electron chi connectivity index (χ1n) is 8.29. The maximum atomic E-state index is 5.23. The SMILES string of the molecule is COc1ccc(-n2ccnc2CN(C)C(C)Cc2cnccn2)cc1. The van der Waals surface area contributed by atoms with Crippen LogP contribution in [-0.2, 0) is 13.0 Å². The van der Waals surface area contributed by atoms with Gasteiger partial charge in [0, 0.05) is 49.1 Å². The van der Waals surface area contributed by atoms with E-state index in [-0.39, 0.29) is 0 Å². The molecule has 0 aliphatic rings. The second-order valence-corrected chi connectivity index (χ2v) is 6.08. The second-order valence-electron chi connectivity index (χ2n) is 6.08. The van der Waals surface area contributed by atoms with Crippen molar-refractivity contribution >= 4 is 0 Å². The highest BCUT2D eigenvalue weighted by Crippen LogP contribution is 2.17. The predicted octanol–water partition coefficient (Wildman–Crippen LogP) is 2.73. The van der Waals surface area contributed by atoms with E-state index in [1.807, 2.05) is 42.9 Å². The highest BCUT2D eigenvalue weighted by atomic mass is 16.5. The van der Waals surface area contributed by atoms with Gasteiger partial charge in [-0.1, -0.05) is 0 Å². The molecule has 0 aliphatic carbocycles. The van der Waals surface area contributed by atoms with E-state index >= 15 is 0 Å². The highest BCUT2D eigenvalue weighted by Gasteiger charge is 2.14. The minimum absolute atomic E-state index is 0.331. The summed E-state index contributed by atoms with van der Waals surface area (Å²) in [6, 6.07) is 8.32. The third-order valence-electron chi connectivity index (χ3n) is 4.33. The third kappa shape index (κ3) is 4.22. The molecule has 1 atom stereocenters. The van der Waals surface area contributed by atoms with Gasteiger partial charge in [-0.05, 0) is 38.2 Å². The quantitative estimate of drug-likeness (QED) is 0.663. The summed E-state index contributed by atoms with van der Waals surface area (Å²) in [5.41, 5.74) is 2.07. The molecule has 1 unspecified atom stereocenters. The second kappa shape index (κ2) is 7.90. The number of methoxy groups -OCH3 is 1. The highest BCUT2D eigenvalue weighted by molar-refractivity contribution is 5.38. The average Bonchev–Trinajstić information content (AvgIpc) is 3.10. The minimum atomic E-state index is 0.331. The lowest BCUT2D eigenvalue weighted by Crippen LogP contribution is -2.31. The smallest absolute Gasteiger partial charge is 0.127 e. The van der Waals surface area contributed by atoms with Gasteiger partial charge in [0.2, 0.25) is 0 Å². The van der Waals surface area contributed by atoms with Crippen LogP contribution in [-0.4, -0.2) is 44.6 Å². The van der Waals surface area contributed by atoms with Crippen LogP contribution in [0.3, 0.4) is 0 Å². The Labute approximate surface area is 148 Å². The van der Waals surface area contributed by atoms with E-state index in [1.165, 1.54) is 0 Å². The molecule has 2 heterocycles. The Kier molecular flexibility index (Phi) is 5.40. The Bertz CT molecular complexity index is 785. The van der Waals surface area contributed by atoms with Gasteiger partial charge in [0.05, 0.1) is 19.3 Å². The molecule has 1 aromatic carbocycles. The normalized spacial score (nSPS) is 12.3. The molecule has 130 valence electrons. The largest absolute Gasteiger partial charge is 0.497 e.